The summed E-state index contributed by atoms with van der Waals surface area (Å²) in [4.78, 5) is 4.31. The van der Waals surface area contributed by atoms with E-state index < -0.39 is 12.0 Å². The molecule has 0 spiro atoms. The number of aromatic nitrogens is 1. The molecule has 2 aromatic rings. The van der Waals surface area contributed by atoms with Gasteiger partial charge in [0.15, 0.2) is 0 Å². The van der Waals surface area contributed by atoms with Crippen molar-refractivity contribution in [3.05, 3.63) is 42.3 Å². The predicted molar refractivity (Wildman–Crippen MR) is 120 cm³/mol. The first kappa shape index (κ1) is 25.1. The second-order valence-corrected chi connectivity index (χ2v) is 7.59. The molecule has 0 N–H and O–H groups in total. The Kier molecular flexibility index (Phi) is 11.9. The first-order valence-corrected chi connectivity index (χ1v) is 11.4. The van der Waals surface area contributed by atoms with E-state index in [2.05, 4.69) is 11.9 Å². The zero-order valence-corrected chi connectivity index (χ0v) is 18.7. The van der Waals surface area contributed by atoms with E-state index in [0.717, 1.165) is 19.3 Å². The maximum atomic E-state index is 14.5. The van der Waals surface area contributed by atoms with E-state index in [4.69, 9.17) is 14.2 Å². The average Bonchev–Trinajstić information content (AvgIpc) is 2.78. The molecule has 0 amide bonds. The quantitative estimate of drug-likeness (QED) is 0.273. The van der Waals surface area contributed by atoms with Crippen LogP contribution in [0.2, 0.25) is 0 Å². The number of alkyl halides is 1. The van der Waals surface area contributed by atoms with Crippen molar-refractivity contribution >= 4 is 0 Å². The molecule has 1 aromatic heterocycles. The Labute approximate surface area is 184 Å². The number of unbranched alkanes of at least 4 members (excludes halogenated alkanes) is 4. The lowest BCUT2D eigenvalue weighted by Crippen LogP contribution is -2.15. The number of rotatable bonds is 16. The fraction of sp³-hybridized carbons (Fsp3) is 0.560. The van der Waals surface area contributed by atoms with Gasteiger partial charge in [0.25, 0.3) is 0 Å². The fourth-order valence-corrected chi connectivity index (χ4v) is 3.04. The Hall–Kier alpha value is -2.21. The van der Waals surface area contributed by atoms with Crippen LogP contribution in [-0.2, 0) is 4.74 Å². The highest BCUT2D eigenvalue weighted by molar-refractivity contribution is 5.61. The van der Waals surface area contributed by atoms with Gasteiger partial charge >= 0.3 is 0 Å². The number of pyridine rings is 1. The third-order valence-corrected chi connectivity index (χ3v) is 4.82. The first-order valence-electron chi connectivity index (χ1n) is 11.4. The molecule has 2 rings (SSSR count). The summed E-state index contributed by atoms with van der Waals surface area (Å²) in [5, 5.41) is 0. The lowest BCUT2D eigenvalue weighted by Gasteiger charge is -2.12. The molecule has 0 saturated carbocycles. The Bertz CT molecular complexity index is 740. The van der Waals surface area contributed by atoms with Crippen molar-refractivity contribution < 1.29 is 23.0 Å². The number of ether oxygens (including phenoxy) is 3. The molecule has 0 bridgehead atoms. The van der Waals surface area contributed by atoms with Crippen molar-refractivity contribution in [1.82, 2.24) is 4.98 Å². The molecule has 6 heteroatoms. The smallest absolute Gasteiger partial charge is 0.137 e. The van der Waals surface area contributed by atoms with Crippen molar-refractivity contribution in [3.63, 3.8) is 0 Å². The van der Waals surface area contributed by atoms with Gasteiger partial charge in [-0.2, -0.15) is 0 Å². The van der Waals surface area contributed by atoms with Crippen LogP contribution in [0.3, 0.4) is 0 Å². The summed E-state index contributed by atoms with van der Waals surface area (Å²) in [5.41, 5.74) is 0.874. The highest BCUT2D eigenvalue weighted by Crippen LogP contribution is 2.26. The van der Waals surface area contributed by atoms with Crippen LogP contribution < -0.4 is 9.47 Å². The standard InChI is InChI=1S/C25H35F2NO3/c1-3-5-6-7-8-15-30-22-10-12-25(28-18-22)23-11-9-21(17-24(23)27)31-19-20(26)13-16-29-14-4-2/h9-12,17-18,20H,3-8,13-16,19H2,1-2H3. The molecule has 0 fully saturated rings. The Morgan fingerprint density at radius 2 is 1.68 bits per heavy atom. The third-order valence-electron chi connectivity index (χ3n) is 4.82. The zero-order chi connectivity index (χ0) is 22.3. The zero-order valence-electron chi connectivity index (χ0n) is 18.7. The van der Waals surface area contributed by atoms with E-state index in [-0.39, 0.29) is 13.0 Å². The Balaban J connectivity index is 1.80. The molecular formula is C25H35F2NO3. The molecule has 0 aliphatic heterocycles. The third kappa shape index (κ3) is 9.64. The van der Waals surface area contributed by atoms with E-state index in [1.165, 1.54) is 25.3 Å². The van der Waals surface area contributed by atoms with Crippen LogP contribution >= 0.6 is 0 Å². The summed E-state index contributed by atoms with van der Waals surface area (Å²) in [7, 11) is 0. The van der Waals surface area contributed by atoms with Crippen LogP contribution in [0.5, 0.6) is 11.5 Å². The molecular weight excluding hydrogens is 400 g/mol. The largest absolute Gasteiger partial charge is 0.492 e. The lowest BCUT2D eigenvalue weighted by molar-refractivity contribution is 0.0964. The van der Waals surface area contributed by atoms with Gasteiger partial charge in [-0.3, -0.25) is 4.98 Å². The minimum absolute atomic E-state index is 0.128. The van der Waals surface area contributed by atoms with Gasteiger partial charge in [-0.05, 0) is 37.1 Å². The van der Waals surface area contributed by atoms with E-state index in [9.17, 15) is 8.78 Å². The SMILES string of the molecule is CCCCCCCOc1ccc(-c2ccc(OCC(F)CCOCCC)cc2F)nc1. The maximum absolute atomic E-state index is 14.5. The van der Waals surface area contributed by atoms with Crippen molar-refractivity contribution in [3.8, 4) is 22.8 Å². The molecule has 1 heterocycles. The van der Waals surface area contributed by atoms with Crippen LogP contribution in [0.25, 0.3) is 11.3 Å². The molecule has 172 valence electrons. The number of hydrogen-bond acceptors (Lipinski definition) is 4. The van der Waals surface area contributed by atoms with Gasteiger partial charge < -0.3 is 14.2 Å². The van der Waals surface area contributed by atoms with Gasteiger partial charge in [-0.1, -0.05) is 39.5 Å². The van der Waals surface area contributed by atoms with E-state index in [1.807, 2.05) is 6.92 Å². The first-order chi connectivity index (χ1) is 15.1. The second kappa shape index (κ2) is 14.7. The molecule has 0 aliphatic carbocycles. The molecule has 1 aromatic carbocycles. The summed E-state index contributed by atoms with van der Waals surface area (Å²) >= 11 is 0. The van der Waals surface area contributed by atoms with E-state index >= 15 is 0 Å². The van der Waals surface area contributed by atoms with Crippen molar-refractivity contribution in [2.45, 2.75) is 65.0 Å². The van der Waals surface area contributed by atoms with E-state index in [0.29, 0.717) is 42.6 Å². The highest BCUT2D eigenvalue weighted by Gasteiger charge is 2.11. The summed E-state index contributed by atoms with van der Waals surface area (Å²) in [5.74, 6) is 0.509. The lowest BCUT2D eigenvalue weighted by atomic mass is 10.1. The van der Waals surface area contributed by atoms with Crippen LogP contribution in [-0.4, -0.2) is 37.6 Å². The van der Waals surface area contributed by atoms with Crippen LogP contribution in [0, 0.1) is 5.82 Å². The number of hydrogen-bond donors (Lipinski definition) is 0. The molecule has 0 radical (unpaired) electrons. The van der Waals surface area contributed by atoms with Gasteiger partial charge in [0.05, 0.1) is 18.5 Å². The number of benzene rings is 1. The molecule has 1 atom stereocenters. The maximum Gasteiger partial charge on any atom is 0.137 e. The molecule has 1 unspecified atom stereocenters. The van der Waals surface area contributed by atoms with Gasteiger partial charge in [0.1, 0.15) is 30.1 Å². The van der Waals surface area contributed by atoms with Crippen LogP contribution in [0.15, 0.2) is 36.5 Å². The van der Waals surface area contributed by atoms with Crippen LogP contribution in [0.1, 0.15) is 58.8 Å². The monoisotopic (exact) mass is 435 g/mol. The average molecular weight is 436 g/mol. The fourth-order valence-electron chi connectivity index (χ4n) is 3.04. The van der Waals surface area contributed by atoms with Crippen molar-refractivity contribution in [2.75, 3.05) is 26.4 Å². The summed E-state index contributed by atoms with van der Waals surface area (Å²) in [6.07, 6.45) is 7.52. The van der Waals surface area contributed by atoms with Gasteiger partial charge in [-0.15, -0.1) is 0 Å². The summed E-state index contributed by atoms with van der Waals surface area (Å²) in [6.45, 7) is 5.71. The van der Waals surface area contributed by atoms with Crippen molar-refractivity contribution in [2.24, 2.45) is 0 Å². The normalized spacial score (nSPS) is 12.0. The van der Waals surface area contributed by atoms with Crippen LogP contribution in [0.4, 0.5) is 8.78 Å². The molecule has 0 saturated heterocycles. The summed E-state index contributed by atoms with van der Waals surface area (Å²) in [6, 6.07) is 8.02. The topological polar surface area (TPSA) is 40.6 Å². The van der Waals surface area contributed by atoms with Gasteiger partial charge in [-0.25, -0.2) is 8.78 Å². The van der Waals surface area contributed by atoms with Crippen molar-refractivity contribution in [1.29, 1.82) is 0 Å². The van der Waals surface area contributed by atoms with E-state index in [1.54, 1.807) is 30.5 Å². The number of halogens is 2. The molecule has 31 heavy (non-hydrogen) atoms. The Morgan fingerprint density at radius 1 is 0.871 bits per heavy atom. The number of nitrogens with zero attached hydrogens (tertiary/aromatic N) is 1. The predicted octanol–water partition coefficient (Wildman–Crippen LogP) is 6.77. The summed E-state index contributed by atoms with van der Waals surface area (Å²) < 4.78 is 44.7. The Morgan fingerprint density at radius 3 is 2.39 bits per heavy atom. The minimum Gasteiger partial charge on any atom is -0.492 e. The second-order valence-electron chi connectivity index (χ2n) is 7.59. The highest BCUT2D eigenvalue weighted by atomic mass is 19.1. The molecule has 0 aliphatic rings. The molecule has 4 nitrogen and oxygen atoms in total. The van der Waals surface area contributed by atoms with Gasteiger partial charge in [0.2, 0.25) is 0 Å². The minimum atomic E-state index is -1.15. The van der Waals surface area contributed by atoms with Gasteiger partial charge in [0, 0.05) is 31.3 Å².